The van der Waals surface area contributed by atoms with Crippen LogP contribution in [0.25, 0.3) is 0 Å². The molecule has 0 radical (unpaired) electrons. The van der Waals surface area contributed by atoms with E-state index in [1.165, 1.54) is 0 Å². The lowest BCUT2D eigenvalue weighted by molar-refractivity contribution is -0.114. The van der Waals surface area contributed by atoms with Crippen molar-refractivity contribution in [2.75, 3.05) is 0 Å². The van der Waals surface area contributed by atoms with Crippen molar-refractivity contribution >= 4 is 17.5 Å². The van der Waals surface area contributed by atoms with Crippen molar-refractivity contribution in [1.82, 2.24) is 0 Å². The monoisotopic (exact) mass is 176 g/mol. The van der Waals surface area contributed by atoms with Crippen LogP contribution in [0.1, 0.15) is 10.8 Å². The SMILES string of the molecule is O=C1C=CSC1c1ccccc1. The average Bonchev–Trinajstić information content (AvgIpc) is 2.53. The van der Waals surface area contributed by atoms with Crippen LogP contribution in [-0.2, 0) is 4.79 Å². The molecule has 0 aliphatic carbocycles. The molecule has 0 fully saturated rings. The first-order valence-corrected chi connectivity index (χ1v) is 4.73. The fourth-order valence-electron chi connectivity index (χ4n) is 1.21. The molecule has 0 spiro atoms. The lowest BCUT2D eigenvalue weighted by Gasteiger charge is -2.05. The van der Waals surface area contributed by atoms with E-state index in [2.05, 4.69) is 0 Å². The maximum absolute atomic E-state index is 11.3. The van der Waals surface area contributed by atoms with Crippen molar-refractivity contribution in [1.29, 1.82) is 0 Å². The molecule has 2 rings (SSSR count). The van der Waals surface area contributed by atoms with Gasteiger partial charge in [0.05, 0.1) is 5.25 Å². The third-order valence-corrected chi connectivity index (χ3v) is 2.88. The highest BCUT2D eigenvalue weighted by molar-refractivity contribution is 8.03. The van der Waals surface area contributed by atoms with E-state index < -0.39 is 0 Å². The lowest BCUT2D eigenvalue weighted by atomic mass is 10.1. The number of carbonyl (C=O) groups excluding carboxylic acids is 1. The van der Waals surface area contributed by atoms with Gasteiger partial charge < -0.3 is 0 Å². The summed E-state index contributed by atoms with van der Waals surface area (Å²) in [5.41, 5.74) is 1.09. The number of benzene rings is 1. The molecule has 1 unspecified atom stereocenters. The van der Waals surface area contributed by atoms with Crippen molar-refractivity contribution in [3.8, 4) is 0 Å². The van der Waals surface area contributed by atoms with Gasteiger partial charge in [-0.1, -0.05) is 30.3 Å². The van der Waals surface area contributed by atoms with Crippen LogP contribution in [0.4, 0.5) is 0 Å². The van der Waals surface area contributed by atoms with Gasteiger partial charge in [-0.15, -0.1) is 11.8 Å². The van der Waals surface area contributed by atoms with Crippen molar-refractivity contribution in [2.24, 2.45) is 0 Å². The molecule has 0 bridgehead atoms. The van der Waals surface area contributed by atoms with E-state index in [0.29, 0.717) is 0 Å². The molecule has 1 aliphatic rings. The summed E-state index contributed by atoms with van der Waals surface area (Å²) in [5, 5.41) is 1.87. The Morgan fingerprint density at radius 1 is 1.17 bits per heavy atom. The van der Waals surface area contributed by atoms with E-state index in [1.54, 1.807) is 17.8 Å². The molecule has 0 N–H and O–H groups in total. The van der Waals surface area contributed by atoms with Crippen molar-refractivity contribution in [3.63, 3.8) is 0 Å². The molecule has 1 aromatic rings. The van der Waals surface area contributed by atoms with E-state index in [0.717, 1.165) is 5.56 Å². The second kappa shape index (κ2) is 3.15. The molecule has 2 heteroatoms. The minimum Gasteiger partial charge on any atom is -0.293 e. The van der Waals surface area contributed by atoms with Crippen LogP contribution in [0.2, 0.25) is 0 Å². The first-order valence-electron chi connectivity index (χ1n) is 3.79. The van der Waals surface area contributed by atoms with Gasteiger partial charge in [0, 0.05) is 0 Å². The Morgan fingerprint density at radius 3 is 2.50 bits per heavy atom. The summed E-state index contributed by atoms with van der Waals surface area (Å²) in [6, 6.07) is 9.86. The molecule has 1 heterocycles. The fourth-order valence-corrected chi connectivity index (χ4v) is 2.11. The Bertz CT molecular complexity index is 316. The number of hydrogen-bond acceptors (Lipinski definition) is 2. The number of thioether (sulfide) groups is 1. The molecule has 0 saturated carbocycles. The fraction of sp³-hybridized carbons (Fsp3) is 0.100. The van der Waals surface area contributed by atoms with E-state index in [9.17, 15) is 4.79 Å². The summed E-state index contributed by atoms with van der Waals surface area (Å²) < 4.78 is 0. The highest BCUT2D eigenvalue weighted by Crippen LogP contribution is 2.35. The van der Waals surface area contributed by atoms with Gasteiger partial charge in [0.1, 0.15) is 0 Å². The van der Waals surface area contributed by atoms with Gasteiger partial charge in [-0.25, -0.2) is 0 Å². The summed E-state index contributed by atoms with van der Waals surface area (Å²) in [4.78, 5) is 11.3. The number of rotatable bonds is 1. The number of ketones is 1. The molecule has 12 heavy (non-hydrogen) atoms. The maximum atomic E-state index is 11.3. The molecule has 0 amide bonds. The zero-order chi connectivity index (χ0) is 8.39. The molecule has 1 nitrogen and oxygen atoms in total. The van der Waals surface area contributed by atoms with Crippen LogP contribution in [0.5, 0.6) is 0 Å². The van der Waals surface area contributed by atoms with Gasteiger partial charge in [-0.05, 0) is 17.0 Å². The molecule has 0 saturated heterocycles. The Morgan fingerprint density at radius 2 is 1.92 bits per heavy atom. The van der Waals surface area contributed by atoms with Crippen molar-refractivity contribution < 1.29 is 4.79 Å². The van der Waals surface area contributed by atoms with E-state index in [-0.39, 0.29) is 11.0 Å². The highest BCUT2D eigenvalue weighted by atomic mass is 32.2. The molecule has 0 aromatic heterocycles. The molecule has 1 aliphatic heterocycles. The Hall–Kier alpha value is -1.02. The van der Waals surface area contributed by atoms with Gasteiger partial charge in [0.2, 0.25) is 0 Å². The maximum Gasteiger partial charge on any atom is 0.173 e. The van der Waals surface area contributed by atoms with Gasteiger partial charge in [0.25, 0.3) is 0 Å². The molecule has 1 atom stereocenters. The summed E-state index contributed by atoms with van der Waals surface area (Å²) >= 11 is 1.57. The van der Waals surface area contributed by atoms with Gasteiger partial charge in [0.15, 0.2) is 5.78 Å². The van der Waals surface area contributed by atoms with E-state index in [1.807, 2.05) is 35.7 Å². The third kappa shape index (κ3) is 1.30. The summed E-state index contributed by atoms with van der Waals surface area (Å²) in [6.45, 7) is 0. The predicted octanol–water partition coefficient (Wildman–Crippen LogP) is 2.56. The molecule has 1 aromatic carbocycles. The van der Waals surface area contributed by atoms with Crippen LogP contribution in [0, 0.1) is 0 Å². The van der Waals surface area contributed by atoms with Crippen LogP contribution < -0.4 is 0 Å². The topological polar surface area (TPSA) is 17.1 Å². The number of carbonyl (C=O) groups is 1. The molecular formula is C10H8OS. The van der Waals surface area contributed by atoms with Crippen molar-refractivity contribution in [2.45, 2.75) is 5.25 Å². The quantitative estimate of drug-likeness (QED) is 0.654. The van der Waals surface area contributed by atoms with Crippen LogP contribution in [0.3, 0.4) is 0 Å². The van der Waals surface area contributed by atoms with E-state index >= 15 is 0 Å². The summed E-state index contributed by atoms with van der Waals surface area (Å²) in [7, 11) is 0. The summed E-state index contributed by atoms with van der Waals surface area (Å²) in [5.74, 6) is 0.200. The molecular weight excluding hydrogens is 168 g/mol. The highest BCUT2D eigenvalue weighted by Gasteiger charge is 2.21. The lowest BCUT2D eigenvalue weighted by Crippen LogP contribution is -2.00. The zero-order valence-electron chi connectivity index (χ0n) is 6.44. The van der Waals surface area contributed by atoms with Crippen LogP contribution >= 0.6 is 11.8 Å². The largest absolute Gasteiger partial charge is 0.293 e. The average molecular weight is 176 g/mol. The Kier molecular flexibility index (Phi) is 2.00. The Labute approximate surface area is 75.5 Å². The summed E-state index contributed by atoms with van der Waals surface area (Å²) in [6.07, 6.45) is 1.64. The first kappa shape index (κ1) is 7.62. The van der Waals surface area contributed by atoms with Gasteiger partial charge in [-0.3, -0.25) is 4.79 Å². The third-order valence-electron chi connectivity index (χ3n) is 1.81. The smallest absolute Gasteiger partial charge is 0.173 e. The Balaban J connectivity index is 2.27. The first-order chi connectivity index (χ1) is 5.88. The second-order valence-electron chi connectivity index (χ2n) is 2.63. The van der Waals surface area contributed by atoms with Gasteiger partial charge in [-0.2, -0.15) is 0 Å². The normalized spacial score (nSPS) is 21.7. The number of allylic oxidation sites excluding steroid dienone is 1. The zero-order valence-corrected chi connectivity index (χ0v) is 7.25. The molecule has 60 valence electrons. The van der Waals surface area contributed by atoms with E-state index in [4.69, 9.17) is 0 Å². The van der Waals surface area contributed by atoms with Gasteiger partial charge >= 0.3 is 0 Å². The van der Waals surface area contributed by atoms with Crippen molar-refractivity contribution in [3.05, 3.63) is 47.4 Å². The minimum atomic E-state index is 0.00574. The van der Waals surface area contributed by atoms with Crippen LogP contribution in [0.15, 0.2) is 41.8 Å². The van der Waals surface area contributed by atoms with Crippen LogP contribution in [-0.4, -0.2) is 5.78 Å². The predicted molar refractivity (Wildman–Crippen MR) is 50.9 cm³/mol. The minimum absolute atomic E-state index is 0.00574. The second-order valence-corrected chi connectivity index (χ2v) is 3.65. The standard InChI is InChI=1S/C10H8OS/c11-9-6-7-12-10(9)8-4-2-1-3-5-8/h1-7,10H. The number of hydrogen-bond donors (Lipinski definition) is 0.